The van der Waals surface area contributed by atoms with E-state index < -0.39 is 17.8 Å². The topological polar surface area (TPSA) is 42.0 Å². The fraction of sp³-hybridized carbons (Fsp3) is 0.158. The van der Waals surface area contributed by atoms with Crippen LogP contribution in [0.1, 0.15) is 27.2 Å². The maximum absolute atomic E-state index is 12.6. The van der Waals surface area contributed by atoms with Crippen molar-refractivity contribution in [1.82, 2.24) is 4.98 Å². The van der Waals surface area contributed by atoms with Crippen molar-refractivity contribution >= 4 is 22.4 Å². The summed E-state index contributed by atoms with van der Waals surface area (Å²) in [5.41, 5.74) is 3.17. The van der Waals surface area contributed by atoms with Gasteiger partial charge in [0.25, 0.3) is 5.91 Å². The van der Waals surface area contributed by atoms with Crippen LogP contribution in [0.25, 0.3) is 11.1 Å². The number of alkyl halides is 3. The number of halogens is 3. The number of thiazole rings is 1. The van der Waals surface area contributed by atoms with Crippen LogP contribution < -0.4 is 5.32 Å². The minimum atomic E-state index is -4.53. The van der Waals surface area contributed by atoms with E-state index in [4.69, 9.17) is 0 Å². The summed E-state index contributed by atoms with van der Waals surface area (Å²) in [6.07, 6.45) is -4.53. The van der Waals surface area contributed by atoms with E-state index in [1.54, 1.807) is 12.1 Å². The Morgan fingerprint density at radius 3 is 2.46 bits per heavy atom. The Labute approximate surface area is 152 Å². The Kier molecular flexibility index (Phi) is 4.82. The van der Waals surface area contributed by atoms with E-state index in [0.29, 0.717) is 11.1 Å². The van der Waals surface area contributed by atoms with Gasteiger partial charge >= 0.3 is 6.18 Å². The lowest BCUT2D eigenvalue weighted by atomic mass is 9.96. The molecule has 0 spiro atoms. The molecule has 3 rings (SSSR count). The highest BCUT2D eigenvalue weighted by atomic mass is 32.1. The summed E-state index contributed by atoms with van der Waals surface area (Å²) in [6, 6.07) is 12.8. The number of carbonyl (C=O) groups excluding carboxylic acids is 1. The van der Waals surface area contributed by atoms with Gasteiger partial charge in [-0.05, 0) is 42.2 Å². The summed E-state index contributed by atoms with van der Waals surface area (Å²) in [5.74, 6) is -0.498. The lowest BCUT2D eigenvalue weighted by Crippen LogP contribution is -2.13. The number of nitrogens with zero attached hydrogens (tertiary/aromatic N) is 1. The molecule has 3 nitrogen and oxygen atoms in total. The molecule has 0 radical (unpaired) electrons. The first-order chi connectivity index (χ1) is 12.3. The number of hydrogen-bond donors (Lipinski definition) is 1. The number of anilines is 1. The first kappa shape index (κ1) is 18.1. The average Bonchev–Trinajstić information content (AvgIpc) is 3.06. The second-order valence-electron chi connectivity index (χ2n) is 5.83. The van der Waals surface area contributed by atoms with Gasteiger partial charge in [-0.2, -0.15) is 13.2 Å². The van der Waals surface area contributed by atoms with Crippen LogP contribution in [0.4, 0.5) is 18.3 Å². The summed E-state index contributed by atoms with van der Waals surface area (Å²) < 4.78 is 37.9. The third-order valence-corrected chi connectivity index (χ3v) is 4.76. The predicted octanol–water partition coefficient (Wildman–Crippen LogP) is 5.70. The van der Waals surface area contributed by atoms with Crippen LogP contribution in [0.2, 0.25) is 0 Å². The Hall–Kier alpha value is -2.67. The summed E-state index contributed by atoms with van der Waals surface area (Å²) in [7, 11) is 0. The molecule has 0 saturated heterocycles. The van der Waals surface area contributed by atoms with Crippen molar-refractivity contribution < 1.29 is 18.0 Å². The normalized spacial score (nSPS) is 11.4. The molecule has 0 unspecified atom stereocenters. The Morgan fingerprint density at radius 2 is 1.81 bits per heavy atom. The van der Waals surface area contributed by atoms with Crippen molar-refractivity contribution in [2.45, 2.75) is 20.0 Å². The van der Waals surface area contributed by atoms with Crippen molar-refractivity contribution in [3.8, 4) is 11.1 Å². The molecule has 0 bridgehead atoms. The molecular formula is C19H15F3N2OS. The summed E-state index contributed by atoms with van der Waals surface area (Å²) in [5, 5.41) is 3.25. The third kappa shape index (κ3) is 3.77. The van der Waals surface area contributed by atoms with E-state index in [9.17, 15) is 18.0 Å². The standard InChI is InChI=1S/C19H15F3N2OS/c1-11-7-8-13(9-12(11)2)14-5-3-4-6-15(14)17(25)24-18-23-16(10-26-18)19(20,21)22/h3-10H,1-2H3,(H,23,24,25). The van der Waals surface area contributed by atoms with E-state index in [2.05, 4.69) is 10.3 Å². The van der Waals surface area contributed by atoms with E-state index in [1.807, 2.05) is 44.2 Å². The van der Waals surface area contributed by atoms with Crippen molar-refractivity contribution in [2.75, 3.05) is 5.32 Å². The van der Waals surface area contributed by atoms with Gasteiger partial charge in [-0.15, -0.1) is 11.3 Å². The Balaban J connectivity index is 1.91. The summed E-state index contributed by atoms with van der Waals surface area (Å²) in [4.78, 5) is 16.0. The second kappa shape index (κ2) is 6.92. The average molecular weight is 376 g/mol. The highest BCUT2D eigenvalue weighted by Gasteiger charge is 2.34. The van der Waals surface area contributed by atoms with Gasteiger partial charge < -0.3 is 0 Å². The molecule has 1 heterocycles. The molecule has 0 saturated carbocycles. The molecule has 0 aliphatic rings. The fourth-order valence-corrected chi connectivity index (χ4v) is 3.18. The largest absolute Gasteiger partial charge is 0.434 e. The summed E-state index contributed by atoms with van der Waals surface area (Å²) >= 11 is 0.742. The van der Waals surface area contributed by atoms with Crippen molar-refractivity contribution in [3.63, 3.8) is 0 Å². The molecular weight excluding hydrogens is 361 g/mol. The molecule has 0 aliphatic heterocycles. The molecule has 0 aliphatic carbocycles. The third-order valence-electron chi connectivity index (χ3n) is 4.00. The molecule has 3 aromatic rings. The highest BCUT2D eigenvalue weighted by Crippen LogP contribution is 2.32. The molecule has 0 fully saturated rings. The van der Waals surface area contributed by atoms with Crippen LogP contribution in [0.15, 0.2) is 47.8 Å². The maximum Gasteiger partial charge on any atom is 0.434 e. The minimum Gasteiger partial charge on any atom is -0.298 e. The van der Waals surface area contributed by atoms with Gasteiger partial charge in [-0.25, -0.2) is 4.98 Å². The number of nitrogens with one attached hydrogen (secondary N) is 1. The molecule has 7 heteroatoms. The quantitative estimate of drug-likeness (QED) is 0.637. The van der Waals surface area contributed by atoms with Gasteiger partial charge in [0.05, 0.1) is 0 Å². The maximum atomic E-state index is 12.6. The number of aryl methyl sites for hydroxylation is 2. The fourth-order valence-electron chi connectivity index (χ4n) is 2.47. The molecule has 1 N–H and O–H groups in total. The van der Waals surface area contributed by atoms with E-state index >= 15 is 0 Å². The Morgan fingerprint density at radius 1 is 1.08 bits per heavy atom. The van der Waals surface area contributed by atoms with Crippen molar-refractivity contribution in [2.24, 2.45) is 0 Å². The van der Waals surface area contributed by atoms with Crippen LogP contribution in [-0.2, 0) is 6.18 Å². The number of benzene rings is 2. The SMILES string of the molecule is Cc1ccc(-c2ccccc2C(=O)Nc2nc(C(F)(F)F)cs2)cc1C. The lowest BCUT2D eigenvalue weighted by molar-refractivity contribution is -0.140. The minimum absolute atomic E-state index is 0.0859. The molecule has 134 valence electrons. The number of aromatic nitrogens is 1. The molecule has 26 heavy (non-hydrogen) atoms. The molecule has 1 aromatic heterocycles. The van der Waals surface area contributed by atoms with E-state index in [0.717, 1.165) is 33.4 Å². The van der Waals surface area contributed by atoms with Crippen LogP contribution in [0.3, 0.4) is 0 Å². The highest BCUT2D eigenvalue weighted by molar-refractivity contribution is 7.14. The van der Waals surface area contributed by atoms with Gasteiger partial charge in [0.15, 0.2) is 10.8 Å². The number of carbonyl (C=O) groups is 1. The van der Waals surface area contributed by atoms with Gasteiger partial charge in [0, 0.05) is 10.9 Å². The zero-order valence-corrected chi connectivity index (χ0v) is 14.8. The van der Waals surface area contributed by atoms with Gasteiger partial charge in [-0.1, -0.05) is 36.4 Å². The molecule has 2 aromatic carbocycles. The molecule has 0 atom stereocenters. The van der Waals surface area contributed by atoms with Crippen LogP contribution in [0.5, 0.6) is 0 Å². The predicted molar refractivity (Wildman–Crippen MR) is 96.4 cm³/mol. The van der Waals surface area contributed by atoms with Crippen LogP contribution in [-0.4, -0.2) is 10.9 Å². The van der Waals surface area contributed by atoms with Crippen LogP contribution >= 0.6 is 11.3 Å². The van der Waals surface area contributed by atoms with Crippen molar-refractivity contribution in [3.05, 3.63) is 70.2 Å². The van der Waals surface area contributed by atoms with Crippen molar-refractivity contribution in [1.29, 1.82) is 0 Å². The van der Waals surface area contributed by atoms with E-state index in [-0.39, 0.29) is 5.13 Å². The van der Waals surface area contributed by atoms with Gasteiger partial charge in [0.2, 0.25) is 0 Å². The number of rotatable bonds is 3. The number of amides is 1. The number of hydrogen-bond acceptors (Lipinski definition) is 3. The zero-order valence-electron chi connectivity index (χ0n) is 14.0. The van der Waals surface area contributed by atoms with Crippen LogP contribution in [0, 0.1) is 13.8 Å². The lowest BCUT2D eigenvalue weighted by Gasteiger charge is -2.11. The second-order valence-corrected chi connectivity index (χ2v) is 6.69. The molecule has 1 amide bonds. The first-order valence-corrected chi connectivity index (χ1v) is 8.64. The first-order valence-electron chi connectivity index (χ1n) is 7.76. The van der Waals surface area contributed by atoms with Gasteiger partial charge in [-0.3, -0.25) is 10.1 Å². The van der Waals surface area contributed by atoms with E-state index in [1.165, 1.54) is 0 Å². The summed E-state index contributed by atoms with van der Waals surface area (Å²) in [6.45, 7) is 3.98. The monoisotopic (exact) mass is 376 g/mol. The Bertz CT molecular complexity index is 963. The van der Waals surface area contributed by atoms with Gasteiger partial charge in [0.1, 0.15) is 0 Å². The smallest absolute Gasteiger partial charge is 0.298 e. The zero-order chi connectivity index (χ0) is 18.9.